The molecule has 0 N–H and O–H groups in total. The summed E-state index contributed by atoms with van der Waals surface area (Å²) in [5.74, 6) is 0.708. The van der Waals surface area contributed by atoms with Crippen LogP contribution in [0.4, 0.5) is 0 Å². The molecule has 0 aromatic rings. The Labute approximate surface area is 46.2 Å². The van der Waals surface area contributed by atoms with E-state index < -0.39 is 0 Å². The number of hydrogen-bond donors (Lipinski definition) is 0. The SMILES string of the molecule is C=C(C)[C@@H](C)CC. The predicted octanol–water partition coefficient (Wildman–Crippen LogP) is 2.61. The summed E-state index contributed by atoms with van der Waals surface area (Å²) in [6.45, 7) is 10.3. The molecule has 0 saturated carbocycles. The van der Waals surface area contributed by atoms with Gasteiger partial charge in [0.25, 0.3) is 0 Å². The molecule has 0 unspecified atom stereocenters. The van der Waals surface area contributed by atoms with E-state index in [4.69, 9.17) is 0 Å². The second kappa shape index (κ2) is 2.84. The van der Waals surface area contributed by atoms with Gasteiger partial charge < -0.3 is 0 Å². The van der Waals surface area contributed by atoms with Crippen LogP contribution in [-0.4, -0.2) is 0 Å². The molecule has 0 aliphatic carbocycles. The van der Waals surface area contributed by atoms with Gasteiger partial charge in [-0.3, -0.25) is 0 Å². The van der Waals surface area contributed by atoms with Crippen molar-refractivity contribution in [1.29, 1.82) is 0 Å². The molecule has 0 nitrogen and oxygen atoms in total. The Bertz CT molecular complexity index is 62.4. The van der Waals surface area contributed by atoms with Gasteiger partial charge in [0.05, 0.1) is 0 Å². The van der Waals surface area contributed by atoms with Crippen molar-refractivity contribution in [2.45, 2.75) is 27.2 Å². The van der Waals surface area contributed by atoms with Crippen LogP contribution in [0.25, 0.3) is 0 Å². The summed E-state index contributed by atoms with van der Waals surface area (Å²) >= 11 is 0. The molecule has 0 rings (SSSR count). The minimum atomic E-state index is 0.708. The lowest BCUT2D eigenvalue weighted by atomic mass is 10.0. The highest BCUT2D eigenvalue weighted by molar-refractivity contribution is 4.92. The van der Waals surface area contributed by atoms with Crippen LogP contribution in [0.3, 0.4) is 0 Å². The molecule has 0 aliphatic rings. The first-order valence-electron chi connectivity index (χ1n) is 2.83. The normalized spacial score (nSPS) is 13.6. The smallest absolute Gasteiger partial charge is 0.0240 e. The van der Waals surface area contributed by atoms with Gasteiger partial charge in [0.2, 0.25) is 0 Å². The summed E-state index contributed by atoms with van der Waals surface area (Å²) in [4.78, 5) is 0. The fraction of sp³-hybridized carbons (Fsp3) is 0.714. The Balaban J connectivity index is 3.34. The topological polar surface area (TPSA) is 0 Å². The Morgan fingerprint density at radius 1 is 1.71 bits per heavy atom. The molecular weight excluding hydrogens is 84.1 g/mol. The maximum atomic E-state index is 3.83. The molecular formula is C7H14. The van der Waals surface area contributed by atoms with Crippen LogP contribution in [0.15, 0.2) is 12.2 Å². The molecule has 0 bridgehead atoms. The van der Waals surface area contributed by atoms with E-state index in [1.165, 1.54) is 12.0 Å². The Hall–Kier alpha value is -0.260. The van der Waals surface area contributed by atoms with E-state index in [0.29, 0.717) is 5.92 Å². The summed E-state index contributed by atoms with van der Waals surface area (Å²) < 4.78 is 0. The van der Waals surface area contributed by atoms with Gasteiger partial charge in [-0.2, -0.15) is 0 Å². The summed E-state index contributed by atoms with van der Waals surface area (Å²) in [5.41, 5.74) is 1.29. The highest BCUT2D eigenvalue weighted by atomic mass is 14.0. The quantitative estimate of drug-likeness (QED) is 0.466. The van der Waals surface area contributed by atoms with E-state index in [1.54, 1.807) is 0 Å². The van der Waals surface area contributed by atoms with Gasteiger partial charge in [-0.1, -0.05) is 26.0 Å². The van der Waals surface area contributed by atoms with Crippen molar-refractivity contribution in [2.24, 2.45) is 5.92 Å². The van der Waals surface area contributed by atoms with Gasteiger partial charge in [0.1, 0.15) is 0 Å². The monoisotopic (exact) mass is 98.1 g/mol. The second-order valence-corrected chi connectivity index (χ2v) is 2.16. The lowest BCUT2D eigenvalue weighted by Gasteiger charge is -2.04. The Morgan fingerprint density at radius 3 is 2.14 bits per heavy atom. The van der Waals surface area contributed by atoms with E-state index in [9.17, 15) is 0 Å². The molecule has 0 aliphatic heterocycles. The first-order chi connectivity index (χ1) is 3.18. The third kappa shape index (κ3) is 2.44. The molecule has 7 heavy (non-hydrogen) atoms. The van der Waals surface area contributed by atoms with Gasteiger partial charge in [-0.15, -0.1) is 0 Å². The fourth-order valence-corrected chi connectivity index (χ4v) is 0.348. The molecule has 0 spiro atoms. The van der Waals surface area contributed by atoms with Crippen molar-refractivity contribution < 1.29 is 0 Å². The minimum absolute atomic E-state index is 0.708. The molecule has 1 atom stereocenters. The zero-order valence-corrected chi connectivity index (χ0v) is 5.49. The third-order valence-corrected chi connectivity index (χ3v) is 1.45. The fourth-order valence-electron chi connectivity index (χ4n) is 0.348. The average molecular weight is 98.2 g/mol. The molecule has 0 aromatic heterocycles. The molecule has 0 heteroatoms. The van der Waals surface area contributed by atoms with Gasteiger partial charge >= 0.3 is 0 Å². The molecule has 42 valence electrons. The molecule has 0 fully saturated rings. The first-order valence-corrected chi connectivity index (χ1v) is 2.83. The van der Waals surface area contributed by atoms with Crippen LogP contribution >= 0.6 is 0 Å². The summed E-state index contributed by atoms with van der Waals surface area (Å²) in [6.07, 6.45) is 1.22. The zero-order valence-electron chi connectivity index (χ0n) is 5.49. The van der Waals surface area contributed by atoms with E-state index in [2.05, 4.69) is 27.4 Å². The van der Waals surface area contributed by atoms with E-state index in [0.717, 1.165) is 0 Å². The lowest BCUT2D eigenvalue weighted by molar-refractivity contribution is 0.658. The molecule has 0 amide bonds. The largest absolute Gasteiger partial charge is 0.0999 e. The minimum Gasteiger partial charge on any atom is -0.0999 e. The van der Waals surface area contributed by atoms with Crippen molar-refractivity contribution in [2.75, 3.05) is 0 Å². The third-order valence-electron chi connectivity index (χ3n) is 1.45. The lowest BCUT2D eigenvalue weighted by Crippen LogP contribution is -1.89. The van der Waals surface area contributed by atoms with Crippen LogP contribution in [0.1, 0.15) is 27.2 Å². The standard InChI is InChI=1S/C7H14/c1-5-7(4)6(2)3/h7H,2,5H2,1,3-4H3/t7-/m0/s1. The van der Waals surface area contributed by atoms with Gasteiger partial charge in [-0.05, 0) is 19.3 Å². The van der Waals surface area contributed by atoms with E-state index in [-0.39, 0.29) is 0 Å². The summed E-state index contributed by atoms with van der Waals surface area (Å²) in [7, 11) is 0. The van der Waals surface area contributed by atoms with Crippen molar-refractivity contribution >= 4 is 0 Å². The summed E-state index contributed by atoms with van der Waals surface area (Å²) in [6, 6.07) is 0. The van der Waals surface area contributed by atoms with Crippen molar-refractivity contribution in [3.05, 3.63) is 12.2 Å². The molecule has 0 saturated heterocycles. The van der Waals surface area contributed by atoms with Crippen molar-refractivity contribution in [3.63, 3.8) is 0 Å². The zero-order chi connectivity index (χ0) is 5.86. The Kier molecular flexibility index (Phi) is 2.73. The number of allylic oxidation sites excluding steroid dienone is 1. The van der Waals surface area contributed by atoms with Crippen LogP contribution < -0.4 is 0 Å². The highest BCUT2D eigenvalue weighted by Crippen LogP contribution is 2.09. The molecule has 0 radical (unpaired) electrons. The molecule has 0 heterocycles. The highest BCUT2D eigenvalue weighted by Gasteiger charge is 1.94. The van der Waals surface area contributed by atoms with Gasteiger partial charge in [-0.25, -0.2) is 0 Å². The summed E-state index contributed by atoms with van der Waals surface area (Å²) in [5, 5.41) is 0. The maximum Gasteiger partial charge on any atom is -0.0240 e. The van der Waals surface area contributed by atoms with Crippen LogP contribution in [0, 0.1) is 5.92 Å². The first kappa shape index (κ1) is 6.74. The van der Waals surface area contributed by atoms with E-state index >= 15 is 0 Å². The van der Waals surface area contributed by atoms with Gasteiger partial charge in [0.15, 0.2) is 0 Å². The van der Waals surface area contributed by atoms with Crippen LogP contribution in [0.2, 0.25) is 0 Å². The maximum absolute atomic E-state index is 3.83. The second-order valence-electron chi connectivity index (χ2n) is 2.16. The van der Waals surface area contributed by atoms with Crippen molar-refractivity contribution in [1.82, 2.24) is 0 Å². The number of hydrogen-bond acceptors (Lipinski definition) is 0. The number of rotatable bonds is 2. The molecule has 0 aromatic carbocycles. The van der Waals surface area contributed by atoms with Crippen LogP contribution in [-0.2, 0) is 0 Å². The van der Waals surface area contributed by atoms with Crippen molar-refractivity contribution in [3.8, 4) is 0 Å². The Morgan fingerprint density at radius 2 is 2.14 bits per heavy atom. The average Bonchev–Trinajstić information content (AvgIpc) is 1.65. The van der Waals surface area contributed by atoms with Crippen LogP contribution in [0.5, 0.6) is 0 Å². The predicted molar refractivity (Wildman–Crippen MR) is 34.3 cm³/mol. The van der Waals surface area contributed by atoms with E-state index in [1.807, 2.05) is 0 Å². The van der Waals surface area contributed by atoms with Gasteiger partial charge in [0, 0.05) is 0 Å².